The molecule has 2 aromatic carbocycles. The molecule has 0 fully saturated rings. The lowest BCUT2D eigenvalue weighted by Crippen LogP contribution is -2.11. The van der Waals surface area contributed by atoms with E-state index in [0.717, 1.165) is 15.7 Å². The number of nitrogens with two attached hydrogens (primary N) is 1. The maximum atomic E-state index is 11.7. The molecule has 0 aliphatic heterocycles. The summed E-state index contributed by atoms with van der Waals surface area (Å²) in [6.45, 7) is 0. The number of carbonyl (C=O) groups excluding carboxylic acids is 1. The van der Waals surface area contributed by atoms with Crippen LogP contribution in [-0.2, 0) is 0 Å². The third-order valence-electron chi connectivity index (χ3n) is 3.10. The molecular weight excluding hydrogens is 330 g/mol. The first-order valence-electron chi connectivity index (χ1n) is 6.36. The number of halogens is 1. The first kappa shape index (κ1) is 13.6. The van der Waals surface area contributed by atoms with Crippen molar-refractivity contribution in [3.63, 3.8) is 0 Å². The minimum absolute atomic E-state index is 0.400. The highest BCUT2D eigenvalue weighted by Crippen LogP contribution is 2.25. The first-order valence-corrected chi connectivity index (χ1v) is 7.15. The molecule has 2 N–H and O–H groups in total. The lowest BCUT2D eigenvalue weighted by atomic mass is 10.1. The van der Waals surface area contributed by atoms with E-state index in [-0.39, 0.29) is 0 Å². The lowest BCUT2D eigenvalue weighted by molar-refractivity contribution is 0.100. The summed E-state index contributed by atoms with van der Waals surface area (Å²) >= 11 is 3.42. The number of amides is 1. The molecule has 0 spiro atoms. The maximum Gasteiger partial charge on any atom is 0.252 e. The average molecular weight is 342 g/mol. The second-order valence-electron chi connectivity index (χ2n) is 4.55. The largest absolute Gasteiger partial charge is 0.365 e. The van der Waals surface area contributed by atoms with Crippen LogP contribution in [0, 0.1) is 0 Å². The number of benzene rings is 2. The molecule has 3 rings (SSSR count). The predicted molar refractivity (Wildman–Crippen MR) is 85.2 cm³/mol. The van der Waals surface area contributed by atoms with Crippen LogP contribution < -0.4 is 5.73 Å². The smallest absolute Gasteiger partial charge is 0.252 e. The molecule has 1 amide bonds. The molecule has 0 bridgehead atoms. The van der Waals surface area contributed by atoms with Gasteiger partial charge in [0.05, 0.1) is 11.3 Å². The second-order valence-corrected chi connectivity index (χ2v) is 5.46. The van der Waals surface area contributed by atoms with E-state index in [0.29, 0.717) is 11.3 Å². The molecule has 4 nitrogen and oxygen atoms in total. The zero-order valence-electron chi connectivity index (χ0n) is 11.0. The quantitative estimate of drug-likeness (QED) is 0.793. The Morgan fingerprint density at radius 1 is 1.10 bits per heavy atom. The fourth-order valence-electron chi connectivity index (χ4n) is 2.12. The van der Waals surface area contributed by atoms with Crippen molar-refractivity contribution >= 4 is 21.8 Å². The van der Waals surface area contributed by atoms with Crippen LogP contribution in [-0.4, -0.2) is 15.7 Å². The molecule has 21 heavy (non-hydrogen) atoms. The third-order valence-corrected chi connectivity index (χ3v) is 3.59. The molecule has 0 aliphatic carbocycles. The van der Waals surface area contributed by atoms with Crippen LogP contribution in [0.2, 0.25) is 0 Å². The predicted octanol–water partition coefficient (Wildman–Crippen LogP) is 3.40. The van der Waals surface area contributed by atoms with Gasteiger partial charge in [-0.2, -0.15) is 5.10 Å². The number of nitrogens with zero attached hydrogens (tertiary/aromatic N) is 2. The number of hydrogen-bond donors (Lipinski definition) is 1. The summed E-state index contributed by atoms with van der Waals surface area (Å²) < 4.78 is 2.58. The molecule has 1 heterocycles. The molecule has 0 saturated heterocycles. The number of aromatic nitrogens is 2. The monoisotopic (exact) mass is 341 g/mol. The van der Waals surface area contributed by atoms with Crippen LogP contribution in [0.1, 0.15) is 10.4 Å². The molecule has 0 unspecified atom stereocenters. The van der Waals surface area contributed by atoms with E-state index >= 15 is 0 Å². The summed E-state index contributed by atoms with van der Waals surface area (Å²) in [5.41, 5.74) is 8.17. The van der Waals surface area contributed by atoms with Crippen LogP contribution in [0.5, 0.6) is 0 Å². The summed E-state index contributed by atoms with van der Waals surface area (Å²) in [6, 6.07) is 17.2. The Bertz CT molecular complexity index is 796. The van der Waals surface area contributed by atoms with Gasteiger partial charge >= 0.3 is 0 Å². The van der Waals surface area contributed by atoms with Crippen LogP contribution in [0.3, 0.4) is 0 Å². The molecule has 3 aromatic rings. The van der Waals surface area contributed by atoms with Gasteiger partial charge in [0.15, 0.2) is 0 Å². The van der Waals surface area contributed by atoms with Crippen molar-refractivity contribution in [1.29, 1.82) is 0 Å². The summed E-state index contributed by atoms with van der Waals surface area (Å²) in [7, 11) is 0. The minimum atomic E-state index is -0.493. The van der Waals surface area contributed by atoms with Gasteiger partial charge in [-0.05, 0) is 24.3 Å². The van der Waals surface area contributed by atoms with Crippen LogP contribution in [0.4, 0.5) is 0 Å². The average Bonchev–Trinajstić information content (AvgIpc) is 2.93. The summed E-state index contributed by atoms with van der Waals surface area (Å²) in [4.78, 5) is 11.7. The van der Waals surface area contributed by atoms with Gasteiger partial charge in [0, 0.05) is 16.2 Å². The third kappa shape index (κ3) is 2.73. The van der Waals surface area contributed by atoms with Crippen molar-refractivity contribution < 1.29 is 4.79 Å². The Hall–Kier alpha value is -2.40. The molecule has 0 saturated carbocycles. The zero-order chi connectivity index (χ0) is 14.8. The van der Waals surface area contributed by atoms with Gasteiger partial charge in [0.2, 0.25) is 0 Å². The topological polar surface area (TPSA) is 60.9 Å². The van der Waals surface area contributed by atoms with Crippen LogP contribution in [0.15, 0.2) is 65.3 Å². The molecular formula is C16H12BrN3O. The van der Waals surface area contributed by atoms with Gasteiger partial charge in [-0.15, -0.1) is 0 Å². The van der Waals surface area contributed by atoms with E-state index < -0.39 is 5.91 Å². The molecule has 0 atom stereocenters. The lowest BCUT2D eigenvalue weighted by Gasteiger charge is -2.01. The maximum absolute atomic E-state index is 11.7. The number of primary amides is 1. The van der Waals surface area contributed by atoms with Gasteiger partial charge in [-0.1, -0.05) is 46.3 Å². The number of para-hydroxylation sites is 1. The van der Waals surface area contributed by atoms with Crippen LogP contribution in [0.25, 0.3) is 16.9 Å². The normalized spacial score (nSPS) is 10.5. The number of rotatable bonds is 3. The SMILES string of the molecule is NC(=O)c1cn(-c2ccccc2)nc1-c1cccc(Br)c1. The van der Waals surface area contributed by atoms with Gasteiger partial charge in [-0.25, -0.2) is 4.68 Å². The molecule has 1 aromatic heterocycles. The van der Waals surface area contributed by atoms with E-state index in [9.17, 15) is 4.79 Å². The summed E-state index contributed by atoms with van der Waals surface area (Å²) in [5, 5.41) is 4.51. The van der Waals surface area contributed by atoms with E-state index in [1.54, 1.807) is 10.9 Å². The Kier molecular flexibility index (Phi) is 3.58. The fourth-order valence-corrected chi connectivity index (χ4v) is 2.52. The summed E-state index contributed by atoms with van der Waals surface area (Å²) in [6.07, 6.45) is 1.66. The van der Waals surface area contributed by atoms with Gasteiger partial charge in [-0.3, -0.25) is 4.79 Å². The zero-order valence-corrected chi connectivity index (χ0v) is 12.6. The van der Waals surface area contributed by atoms with Crippen molar-refractivity contribution in [3.05, 3.63) is 70.8 Å². The van der Waals surface area contributed by atoms with Crippen LogP contribution >= 0.6 is 15.9 Å². The van der Waals surface area contributed by atoms with Gasteiger partial charge in [0.25, 0.3) is 5.91 Å². The fraction of sp³-hybridized carbons (Fsp3) is 0. The second kappa shape index (κ2) is 5.54. The summed E-state index contributed by atoms with van der Waals surface area (Å²) in [5.74, 6) is -0.493. The van der Waals surface area contributed by atoms with E-state index in [4.69, 9.17) is 5.73 Å². The minimum Gasteiger partial charge on any atom is -0.365 e. The van der Waals surface area contributed by atoms with Crippen molar-refractivity contribution in [2.24, 2.45) is 5.73 Å². The van der Waals surface area contributed by atoms with Gasteiger partial charge < -0.3 is 5.73 Å². The molecule has 5 heteroatoms. The van der Waals surface area contributed by atoms with Crippen molar-refractivity contribution in [1.82, 2.24) is 9.78 Å². The number of carbonyl (C=O) groups is 1. The highest BCUT2D eigenvalue weighted by Gasteiger charge is 2.16. The van der Waals surface area contributed by atoms with E-state index in [2.05, 4.69) is 21.0 Å². The Morgan fingerprint density at radius 3 is 2.52 bits per heavy atom. The Balaban J connectivity index is 2.16. The number of hydrogen-bond acceptors (Lipinski definition) is 2. The van der Waals surface area contributed by atoms with Gasteiger partial charge in [0.1, 0.15) is 5.69 Å². The highest BCUT2D eigenvalue weighted by atomic mass is 79.9. The Labute approximate surface area is 130 Å². The first-order chi connectivity index (χ1) is 10.1. The highest BCUT2D eigenvalue weighted by molar-refractivity contribution is 9.10. The molecule has 0 aliphatic rings. The standard InChI is InChI=1S/C16H12BrN3O/c17-12-6-4-5-11(9-12)15-14(16(18)21)10-20(19-15)13-7-2-1-3-8-13/h1-10H,(H2,18,21). The van der Waals surface area contributed by atoms with Crippen molar-refractivity contribution in [2.45, 2.75) is 0 Å². The molecule has 0 radical (unpaired) electrons. The Morgan fingerprint density at radius 2 is 1.86 bits per heavy atom. The van der Waals surface area contributed by atoms with Crippen molar-refractivity contribution in [3.8, 4) is 16.9 Å². The molecule has 104 valence electrons. The van der Waals surface area contributed by atoms with E-state index in [1.165, 1.54) is 0 Å². The van der Waals surface area contributed by atoms with Crippen molar-refractivity contribution in [2.75, 3.05) is 0 Å². The van der Waals surface area contributed by atoms with E-state index in [1.807, 2.05) is 54.6 Å².